The van der Waals surface area contributed by atoms with Crippen molar-refractivity contribution in [3.05, 3.63) is 17.3 Å². The Bertz CT molecular complexity index is 529. The lowest BCUT2D eigenvalue weighted by atomic mass is 10.0. The Balaban J connectivity index is 1.57. The lowest BCUT2D eigenvalue weighted by molar-refractivity contribution is -0.132. The molecule has 120 valence electrons. The van der Waals surface area contributed by atoms with E-state index in [0.29, 0.717) is 13.0 Å². The van der Waals surface area contributed by atoms with Gasteiger partial charge < -0.3 is 15.0 Å². The lowest BCUT2D eigenvalue weighted by Gasteiger charge is -2.28. The van der Waals surface area contributed by atoms with Gasteiger partial charge in [0.25, 0.3) is 0 Å². The number of ether oxygens (including phenoxy) is 1. The quantitative estimate of drug-likeness (QED) is 0.897. The minimum Gasteiger partial charge on any atom is -0.378 e. The van der Waals surface area contributed by atoms with E-state index in [0.717, 1.165) is 62.5 Å². The number of hydrogen-bond donors (Lipinski definition) is 1. The van der Waals surface area contributed by atoms with Crippen molar-refractivity contribution in [3.63, 3.8) is 0 Å². The van der Waals surface area contributed by atoms with Gasteiger partial charge in [0.15, 0.2) is 0 Å². The van der Waals surface area contributed by atoms with Gasteiger partial charge in [-0.1, -0.05) is 0 Å². The third-order valence-electron chi connectivity index (χ3n) is 4.35. The van der Waals surface area contributed by atoms with Crippen LogP contribution in [0.2, 0.25) is 0 Å². The SMILES string of the molecule is CCNc1cc2c(nn1)CCN(C(=O)CCC1CCCO1)C2. The first kappa shape index (κ1) is 15.2. The van der Waals surface area contributed by atoms with E-state index in [1.807, 2.05) is 17.9 Å². The highest BCUT2D eigenvalue weighted by Gasteiger charge is 2.24. The molecular formula is C16H24N4O2. The van der Waals surface area contributed by atoms with Crippen molar-refractivity contribution in [1.82, 2.24) is 15.1 Å². The molecule has 3 rings (SSSR count). The van der Waals surface area contributed by atoms with Crippen LogP contribution in [-0.4, -0.2) is 46.8 Å². The van der Waals surface area contributed by atoms with Gasteiger partial charge in [0.1, 0.15) is 5.82 Å². The summed E-state index contributed by atoms with van der Waals surface area (Å²) in [4.78, 5) is 14.3. The molecule has 0 radical (unpaired) electrons. The van der Waals surface area contributed by atoms with E-state index >= 15 is 0 Å². The monoisotopic (exact) mass is 304 g/mol. The van der Waals surface area contributed by atoms with Crippen LogP contribution in [0, 0.1) is 0 Å². The minimum absolute atomic E-state index is 0.225. The van der Waals surface area contributed by atoms with Crippen LogP contribution < -0.4 is 5.32 Å². The smallest absolute Gasteiger partial charge is 0.222 e. The molecule has 0 aromatic carbocycles. The van der Waals surface area contributed by atoms with Crippen LogP contribution in [0.5, 0.6) is 0 Å². The van der Waals surface area contributed by atoms with Crippen molar-refractivity contribution in [3.8, 4) is 0 Å². The molecule has 1 aromatic rings. The zero-order valence-corrected chi connectivity index (χ0v) is 13.2. The molecule has 1 amide bonds. The van der Waals surface area contributed by atoms with Crippen molar-refractivity contribution in [2.24, 2.45) is 0 Å². The van der Waals surface area contributed by atoms with E-state index < -0.39 is 0 Å². The first-order chi connectivity index (χ1) is 10.8. The summed E-state index contributed by atoms with van der Waals surface area (Å²) in [6, 6.07) is 2.02. The summed E-state index contributed by atoms with van der Waals surface area (Å²) in [7, 11) is 0. The number of carbonyl (C=O) groups excluding carboxylic acids is 1. The summed E-state index contributed by atoms with van der Waals surface area (Å²) in [5, 5.41) is 11.6. The molecule has 1 saturated heterocycles. The van der Waals surface area contributed by atoms with E-state index in [9.17, 15) is 4.79 Å². The van der Waals surface area contributed by atoms with Crippen LogP contribution in [0.15, 0.2) is 6.07 Å². The fourth-order valence-corrected chi connectivity index (χ4v) is 3.12. The highest BCUT2D eigenvalue weighted by Crippen LogP contribution is 2.21. The number of nitrogens with one attached hydrogen (secondary N) is 1. The molecule has 2 aliphatic heterocycles. The minimum atomic E-state index is 0.225. The van der Waals surface area contributed by atoms with Gasteiger partial charge >= 0.3 is 0 Å². The van der Waals surface area contributed by atoms with Crippen LogP contribution >= 0.6 is 0 Å². The number of carbonyl (C=O) groups is 1. The molecule has 1 atom stereocenters. The predicted molar refractivity (Wildman–Crippen MR) is 83.5 cm³/mol. The second-order valence-electron chi connectivity index (χ2n) is 5.97. The molecule has 22 heavy (non-hydrogen) atoms. The number of fused-ring (bicyclic) bond motifs is 1. The third kappa shape index (κ3) is 3.55. The summed E-state index contributed by atoms with van der Waals surface area (Å²) >= 11 is 0. The average molecular weight is 304 g/mol. The Morgan fingerprint density at radius 1 is 1.50 bits per heavy atom. The van der Waals surface area contributed by atoms with Gasteiger partial charge in [0.05, 0.1) is 11.8 Å². The maximum absolute atomic E-state index is 12.4. The molecule has 1 aromatic heterocycles. The molecular weight excluding hydrogens is 280 g/mol. The molecule has 1 unspecified atom stereocenters. The van der Waals surface area contributed by atoms with Gasteiger partial charge in [-0.05, 0) is 37.8 Å². The second-order valence-corrected chi connectivity index (χ2v) is 5.97. The molecule has 6 nitrogen and oxygen atoms in total. The predicted octanol–water partition coefficient (Wildman–Crippen LogP) is 1.75. The van der Waals surface area contributed by atoms with Gasteiger partial charge in [0, 0.05) is 39.1 Å². The number of amides is 1. The fourth-order valence-electron chi connectivity index (χ4n) is 3.12. The van der Waals surface area contributed by atoms with Crippen molar-refractivity contribution in [1.29, 1.82) is 0 Å². The molecule has 2 aliphatic rings. The molecule has 0 saturated carbocycles. The topological polar surface area (TPSA) is 67.4 Å². The number of anilines is 1. The Morgan fingerprint density at radius 2 is 2.41 bits per heavy atom. The normalized spacial score (nSPS) is 20.8. The van der Waals surface area contributed by atoms with E-state index in [-0.39, 0.29) is 12.0 Å². The highest BCUT2D eigenvalue weighted by atomic mass is 16.5. The molecule has 1 fully saturated rings. The molecule has 1 N–H and O–H groups in total. The molecule has 3 heterocycles. The standard InChI is InChI=1S/C16H24N4O2/c1-2-17-15-10-12-11-20(8-7-14(12)18-19-15)16(21)6-5-13-4-3-9-22-13/h10,13H,2-9,11H2,1H3,(H,17,19). The van der Waals surface area contributed by atoms with Crippen molar-refractivity contribution in [2.45, 2.75) is 51.7 Å². The number of nitrogens with zero attached hydrogens (tertiary/aromatic N) is 3. The average Bonchev–Trinajstić information content (AvgIpc) is 3.05. The highest BCUT2D eigenvalue weighted by molar-refractivity contribution is 5.76. The zero-order valence-electron chi connectivity index (χ0n) is 13.2. The maximum atomic E-state index is 12.4. The molecule has 0 bridgehead atoms. The van der Waals surface area contributed by atoms with E-state index in [1.165, 1.54) is 0 Å². The van der Waals surface area contributed by atoms with E-state index in [1.54, 1.807) is 0 Å². The Labute approximate surface area is 131 Å². The van der Waals surface area contributed by atoms with E-state index in [4.69, 9.17) is 4.74 Å². The summed E-state index contributed by atoms with van der Waals surface area (Å²) < 4.78 is 5.59. The summed E-state index contributed by atoms with van der Waals surface area (Å²) in [5.74, 6) is 1.01. The largest absolute Gasteiger partial charge is 0.378 e. The number of aromatic nitrogens is 2. The van der Waals surface area contributed by atoms with Gasteiger partial charge in [0.2, 0.25) is 5.91 Å². The zero-order chi connectivity index (χ0) is 15.4. The lowest BCUT2D eigenvalue weighted by Crippen LogP contribution is -2.36. The van der Waals surface area contributed by atoms with Gasteiger partial charge in [-0.15, -0.1) is 5.10 Å². The molecule has 0 aliphatic carbocycles. The Morgan fingerprint density at radius 3 is 3.18 bits per heavy atom. The number of rotatable bonds is 5. The van der Waals surface area contributed by atoms with Crippen LogP contribution in [0.3, 0.4) is 0 Å². The maximum Gasteiger partial charge on any atom is 0.222 e. The molecule has 6 heteroatoms. The number of hydrogen-bond acceptors (Lipinski definition) is 5. The Kier molecular flexibility index (Phi) is 4.87. The van der Waals surface area contributed by atoms with Gasteiger partial charge in [-0.3, -0.25) is 4.79 Å². The summed E-state index contributed by atoms with van der Waals surface area (Å²) in [5.41, 5.74) is 2.13. The fraction of sp³-hybridized carbons (Fsp3) is 0.688. The van der Waals surface area contributed by atoms with Crippen LogP contribution in [0.1, 0.15) is 43.9 Å². The third-order valence-corrected chi connectivity index (χ3v) is 4.35. The summed E-state index contributed by atoms with van der Waals surface area (Å²) in [6.45, 7) is 5.08. The van der Waals surface area contributed by atoms with Gasteiger partial charge in [-0.25, -0.2) is 0 Å². The van der Waals surface area contributed by atoms with Crippen LogP contribution in [0.4, 0.5) is 5.82 Å². The van der Waals surface area contributed by atoms with Gasteiger partial charge in [-0.2, -0.15) is 5.10 Å². The second kappa shape index (κ2) is 7.05. The molecule has 0 spiro atoms. The van der Waals surface area contributed by atoms with Crippen LogP contribution in [-0.2, 0) is 22.5 Å². The van der Waals surface area contributed by atoms with Crippen LogP contribution in [0.25, 0.3) is 0 Å². The van der Waals surface area contributed by atoms with E-state index in [2.05, 4.69) is 15.5 Å². The van der Waals surface area contributed by atoms with Crippen molar-refractivity contribution >= 4 is 11.7 Å². The Hall–Kier alpha value is -1.69. The van der Waals surface area contributed by atoms with Crippen molar-refractivity contribution in [2.75, 3.05) is 25.0 Å². The van der Waals surface area contributed by atoms with Crippen molar-refractivity contribution < 1.29 is 9.53 Å². The first-order valence-corrected chi connectivity index (χ1v) is 8.25. The first-order valence-electron chi connectivity index (χ1n) is 8.25. The summed E-state index contributed by atoms with van der Waals surface area (Å²) in [6.07, 6.45) is 4.73.